The van der Waals surface area contributed by atoms with Crippen molar-refractivity contribution < 1.29 is 14.7 Å². The molecule has 20 heavy (non-hydrogen) atoms. The van der Waals surface area contributed by atoms with Crippen molar-refractivity contribution in [3.8, 4) is 0 Å². The number of hydrogen-bond donors (Lipinski definition) is 2. The lowest BCUT2D eigenvalue weighted by atomic mass is 10.1. The molecule has 0 aliphatic rings. The molecule has 0 atom stereocenters. The van der Waals surface area contributed by atoms with Gasteiger partial charge in [-0.1, -0.05) is 48.5 Å². The van der Waals surface area contributed by atoms with Gasteiger partial charge in [0.05, 0.1) is 5.70 Å². The number of carbonyl (C=O) groups excluding carboxylic acids is 1. The van der Waals surface area contributed by atoms with Crippen LogP contribution in [0.4, 0.5) is 0 Å². The van der Waals surface area contributed by atoms with Crippen LogP contribution >= 0.6 is 0 Å². The van der Waals surface area contributed by atoms with Gasteiger partial charge in [-0.3, -0.25) is 4.79 Å². The van der Waals surface area contributed by atoms with E-state index >= 15 is 0 Å². The quantitative estimate of drug-likeness (QED) is 0.836. The Kier molecular flexibility index (Phi) is 4.29. The van der Waals surface area contributed by atoms with Gasteiger partial charge in [0.15, 0.2) is 0 Å². The third-order valence-corrected chi connectivity index (χ3v) is 2.64. The maximum Gasteiger partial charge on any atom is 0.330 e. The summed E-state index contributed by atoms with van der Waals surface area (Å²) in [6.07, 6.45) is 0.982. The summed E-state index contributed by atoms with van der Waals surface area (Å²) >= 11 is 0. The number of benzene rings is 2. The van der Waals surface area contributed by atoms with Crippen LogP contribution in [0.3, 0.4) is 0 Å². The minimum atomic E-state index is -1.11. The summed E-state index contributed by atoms with van der Waals surface area (Å²) in [5.41, 5.74) is 1.37. The SMILES string of the molecule is O=C(O)/C=C(\NC(=O)c1ccccc1)c1ccccc1. The molecular formula is C16H13NO3. The van der Waals surface area contributed by atoms with Crippen LogP contribution in [0.1, 0.15) is 15.9 Å². The molecule has 0 spiro atoms. The van der Waals surface area contributed by atoms with Crippen LogP contribution in [0.2, 0.25) is 0 Å². The first kappa shape index (κ1) is 13.5. The number of nitrogens with one attached hydrogen (secondary N) is 1. The molecule has 0 fully saturated rings. The third-order valence-electron chi connectivity index (χ3n) is 2.64. The van der Waals surface area contributed by atoms with Crippen molar-refractivity contribution in [3.63, 3.8) is 0 Å². The summed E-state index contributed by atoms with van der Waals surface area (Å²) in [5, 5.41) is 11.5. The first-order valence-electron chi connectivity index (χ1n) is 6.03. The van der Waals surface area contributed by atoms with Crippen LogP contribution in [-0.4, -0.2) is 17.0 Å². The molecule has 4 nitrogen and oxygen atoms in total. The Hall–Kier alpha value is -2.88. The van der Waals surface area contributed by atoms with Gasteiger partial charge in [-0.15, -0.1) is 0 Å². The molecular weight excluding hydrogens is 254 g/mol. The van der Waals surface area contributed by atoms with Gasteiger partial charge < -0.3 is 10.4 Å². The van der Waals surface area contributed by atoms with Crippen molar-refractivity contribution in [2.24, 2.45) is 0 Å². The summed E-state index contributed by atoms with van der Waals surface area (Å²) in [4.78, 5) is 22.9. The van der Waals surface area contributed by atoms with E-state index in [9.17, 15) is 9.59 Å². The topological polar surface area (TPSA) is 66.4 Å². The normalized spacial score (nSPS) is 10.9. The number of carbonyl (C=O) groups is 2. The van der Waals surface area contributed by atoms with E-state index in [-0.39, 0.29) is 11.6 Å². The Balaban J connectivity index is 2.26. The largest absolute Gasteiger partial charge is 0.478 e. The molecule has 2 rings (SSSR count). The van der Waals surface area contributed by atoms with Crippen molar-refractivity contribution in [1.82, 2.24) is 5.32 Å². The minimum Gasteiger partial charge on any atom is -0.478 e. The summed E-state index contributed by atoms with van der Waals surface area (Å²) in [6.45, 7) is 0. The lowest BCUT2D eigenvalue weighted by Crippen LogP contribution is -2.22. The molecule has 100 valence electrons. The highest BCUT2D eigenvalue weighted by atomic mass is 16.4. The Morgan fingerprint density at radius 3 is 1.85 bits per heavy atom. The number of aliphatic carboxylic acids is 1. The van der Waals surface area contributed by atoms with Crippen LogP contribution in [0.25, 0.3) is 5.70 Å². The third kappa shape index (κ3) is 3.55. The predicted molar refractivity (Wildman–Crippen MR) is 76.0 cm³/mol. The molecule has 2 aromatic rings. The lowest BCUT2D eigenvalue weighted by Gasteiger charge is -2.09. The van der Waals surface area contributed by atoms with Crippen molar-refractivity contribution in [2.75, 3.05) is 0 Å². The summed E-state index contributed by atoms with van der Waals surface area (Å²) in [5.74, 6) is -1.46. The maximum atomic E-state index is 12.1. The number of rotatable bonds is 4. The van der Waals surface area contributed by atoms with Gasteiger partial charge in [0, 0.05) is 11.6 Å². The molecule has 0 unspecified atom stereocenters. The molecule has 0 radical (unpaired) electrons. The second-order valence-corrected chi connectivity index (χ2v) is 4.08. The first-order chi connectivity index (χ1) is 9.66. The highest BCUT2D eigenvalue weighted by molar-refractivity contribution is 6.02. The zero-order valence-corrected chi connectivity index (χ0v) is 10.6. The number of hydrogen-bond acceptors (Lipinski definition) is 2. The van der Waals surface area contributed by atoms with E-state index in [2.05, 4.69) is 5.32 Å². The Morgan fingerprint density at radius 2 is 1.35 bits per heavy atom. The molecule has 0 aliphatic carbocycles. The maximum absolute atomic E-state index is 12.1. The fraction of sp³-hybridized carbons (Fsp3) is 0. The monoisotopic (exact) mass is 267 g/mol. The molecule has 4 heteroatoms. The van der Waals surface area contributed by atoms with E-state index in [1.165, 1.54) is 0 Å². The predicted octanol–water partition coefficient (Wildman–Crippen LogP) is 2.54. The van der Waals surface area contributed by atoms with Crippen LogP contribution in [0, 0.1) is 0 Å². The van der Waals surface area contributed by atoms with Crippen LogP contribution in [-0.2, 0) is 4.79 Å². The number of amides is 1. The molecule has 0 saturated carbocycles. The van der Waals surface area contributed by atoms with Crippen LogP contribution < -0.4 is 5.32 Å². The Labute approximate surface area is 116 Å². The molecule has 0 heterocycles. The highest BCUT2D eigenvalue weighted by Crippen LogP contribution is 2.12. The van der Waals surface area contributed by atoms with E-state index in [1.807, 2.05) is 12.1 Å². The molecule has 1 amide bonds. The van der Waals surface area contributed by atoms with Gasteiger partial charge in [0.25, 0.3) is 5.91 Å². The van der Waals surface area contributed by atoms with Gasteiger partial charge in [0.1, 0.15) is 0 Å². The van der Waals surface area contributed by atoms with Crippen LogP contribution in [0.15, 0.2) is 66.7 Å². The minimum absolute atomic E-state index is 0.256. The number of carboxylic acids is 1. The van der Waals surface area contributed by atoms with Crippen molar-refractivity contribution in [2.45, 2.75) is 0 Å². The molecule has 0 saturated heterocycles. The van der Waals surface area contributed by atoms with Gasteiger partial charge in [0.2, 0.25) is 0 Å². The van der Waals surface area contributed by atoms with Crippen molar-refractivity contribution in [1.29, 1.82) is 0 Å². The average molecular weight is 267 g/mol. The molecule has 2 N–H and O–H groups in total. The fourth-order valence-corrected chi connectivity index (χ4v) is 1.72. The molecule has 0 bridgehead atoms. The summed E-state index contributed by atoms with van der Waals surface area (Å²) in [7, 11) is 0. The van der Waals surface area contributed by atoms with Crippen LogP contribution in [0.5, 0.6) is 0 Å². The van der Waals surface area contributed by atoms with E-state index in [1.54, 1.807) is 48.5 Å². The zero-order chi connectivity index (χ0) is 14.4. The second-order valence-electron chi connectivity index (χ2n) is 4.08. The van der Waals surface area contributed by atoms with E-state index in [4.69, 9.17) is 5.11 Å². The summed E-state index contributed by atoms with van der Waals surface area (Å²) < 4.78 is 0. The van der Waals surface area contributed by atoms with E-state index in [0.717, 1.165) is 6.08 Å². The average Bonchev–Trinajstić information content (AvgIpc) is 2.48. The number of carboxylic acid groups (broad SMARTS) is 1. The Bertz CT molecular complexity index is 633. The van der Waals surface area contributed by atoms with E-state index < -0.39 is 5.97 Å². The highest BCUT2D eigenvalue weighted by Gasteiger charge is 2.10. The van der Waals surface area contributed by atoms with Gasteiger partial charge in [-0.25, -0.2) is 4.79 Å². The van der Waals surface area contributed by atoms with E-state index in [0.29, 0.717) is 11.1 Å². The molecule has 0 aliphatic heterocycles. The molecule has 2 aromatic carbocycles. The first-order valence-corrected chi connectivity index (χ1v) is 6.03. The lowest BCUT2D eigenvalue weighted by molar-refractivity contribution is -0.131. The fourth-order valence-electron chi connectivity index (χ4n) is 1.72. The smallest absolute Gasteiger partial charge is 0.330 e. The standard InChI is InChI=1S/C16H13NO3/c18-15(19)11-14(12-7-3-1-4-8-12)17-16(20)13-9-5-2-6-10-13/h1-11H,(H,17,20)(H,18,19)/b14-11-. The van der Waals surface area contributed by atoms with Crippen molar-refractivity contribution >= 4 is 17.6 Å². The summed E-state index contributed by atoms with van der Waals surface area (Å²) in [6, 6.07) is 17.5. The second kappa shape index (κ2) is 6.33. The van der Waals surface area contributed by atoms with Gasteiger partial charge in [-0.05, 0) is 17.7 Å². The van der Waals surface area contributed by atoms with Gasteiger partial charge >= 0.3 is 5.97 Å². The zero-order valence-electron chi connectivity index (χ0n) is 10.6. The molecule has 0 aromatic heterocycles. The van der Waals surface area contributed by atoms with Gasteiger partial charge in [-0.2, -0.15) is 0 Å². The Morgan fingerprint density at radius 1 is 0.850 bits per heavy atom. The van der Waals surface area contributed by atoms with Crippen molar-refractivity contribution in [3.05, 3.63) is 77.9 Å².